The Balaban J connectivity index is 1.78. The average molecular weight is 378 g/mol. The number of nitrogens with one attached hydrogen (secondary N) is 2. The summed E-state index contributed by atoms with van der Waals surface area (Å²) in [5, 5.41) is 13.9. The van der Waals surface area contributed by atoms with E-state index < -0.39 is 23.4 Å². The number of aromatic nitrogens is 1. The van der Waals surface area contributed by atoms with E-state index in [4.69, 9.17) is 5.26 Å². The number of halogens is 2. The number of anilines is 2. The molecular weight excluding hydrogens is 366 g/mol. The van der Waals surface area contributed by atoms with Crippen LogP contribution in [0.4, 0.5) is 20.2 Å². The van der Waals surface area contributed by atoms with E-state index in [1.165, 1.54) is 18.5 Å². The van der Waals surface area contributed by atoms with Gasteiger partial charge in [-0.2, -0.15) is 5.26 Å². The minimum Gasteiger partial charge on any atom is -0.321 e. The Morgan fingerprint density at radius 1 is 0.893 bits per heavy atom. The van der Waals surface area contributed by atoms with Crippen molar-refractivity contribution in [1.29, 1.82) is 5.26 Å². The lowest BCUT2D eigenvalue weighted by molar-refractivity contribution is 0.102. The Hall–Kier alpha value is -4.12. The first-order valence-electron chi connectivity index (χ1n) is 8.00. The summed E-state index contributed by atoms with van der Waals surface area (Å²) < 4.78 is 26.6. The first-order valence-corrected chi connectivity index (χ1v) is 8.00. The maximum absolute atomic E-state index is 13.7. The second-order valence-corrected chi connectivity index (χ2v) is 5.65. The zero-order chi connectivity index (χ0) is 20.1. The maximum Gasteiger partial charge on any atom is 0.257 e. The molecule has 0 saturated carbocycles. The van der Waals surface area contributed by atoms with E-state index in [1.54, 1.807) is 24.3 Å². The largest absolute Gasteiger partial charge is 0.321 e. The summed E-state index contributed by atoms with van der Waals surface area (Å²) in [6, 6.07) is 12.4. The monoisotopic (exact) mass is 378 g/mol. The Labute approximate surface area is 158 Å². The van der Waals surface area contributed by atoms with Gasteiger partial charge in [0.05, 0.1) is 28.1 Å². The SMILES string of the molecule is N#Cc1ccccc1NC(=O)c1cncc(C(=O)Nc2ccc(F)cc2F)c1. The van der Waals surface area contributed by atoms with E-state index >= 15 is 0 Å². The van der Waals surface area contributed by atoms with Crippen LogP contribution < -0.4 is 10.6 Å². The third-order valence-electron chi connectivity index (χ3n) is 3.74. The lowest BCUT2D eigenvalue weighted by atomic mass is 10.1. The number of carbonyl (C=O) groups excluding carboxylic acids is 2. The predicted molar refractivity (Wildman–Crippen MR) is 97.7 cm³/mol. The Bertz CT molecular complexity index is 1110. The topological polar surface area (TPSA) is 94.9 Å². The summed E-state index contributed by atoms with van der Waals surface area (Å²) in [7, 11) is 0. The fourth-order valence-electron chi connectivity index (χ4n) is 2.36. The molecule has 0 aliphatic rings. The van der Waals surface area contributed by atoms with Gasteiger partial charge < -0.3 is 10.6 Å². The van der Waals surface area contributed by atoms with Gasteiger partial charge in [-0.25, -0.2) is 8.78 Å². The fourth-order valence-corrected chi connectivity index (χ4v) is 2.36. The number of benzene rings is 2. The van der Waals surface area contributed by atoms with Crippen molar-refractivity contribution in [3.63, 3.8) is 0 Å². The number of pyridine rings is 1. The van der Waals surface area contributed by atoms with Gasteiger partial charge in [0.25, 0.3) is 11.8 Å². The number of hydrogen-bond acceptors (Lipinski definition) is 4. The van der Waals surface area contributed by atoms with Crippen LogP contribution in [0.25, 0.3) is 0 Å². The second-order valence-electron chi connectivity index (χ2n) is 5.65. The highest BCUT2D eigenvalue weighted by atomic mass is 19.1. The van der Waals surface area contributed by atoms with E-state index in [-0.39, 0.29) is 22.4 Å². The number of para-hydroxylation sites is 1. The van der Waals surface area contributed by atoms with Crippen molar-refractivity contribution in [2.45, 2.75) is 0 Å². The summed E-state index contributed by atoms with van der Waals surface area (Å²) in [5.74, 6) is -2.99. The molecule has 0 aliphatic carbocycles. The zero-order valence-electron chi connectivity index (χ0n) is 14.2. The molecule has 2 N–H and O–H groups in total. The highest BCUT2D eigenvalue weighted by Gasteiger charge is 2.14. The number of hydrogen-bond donors (Lipinski definition) is 2. The van der Waals surface area contributed by atoms with Crippen LogP contribution in [-0.2, 0) is 0 Å². The maximum atomic E-state index is 13.7. The molecule has 28 heavy (non-hydrogen) atoms. The molecule has 0 fully saturated rings. The predicted octanol–water partition coefficient (Wildman–Crippen LogP) is 3.74. The molecule has 2 amide bonds. The van der Waals surface area contributed by atoms with Crippen molar-refractivity contribution >= 4 is 23.2 Å². The van der Waals surface area contributed by atoms with Crippen LogP contribution in [-0.4, -0.2) is 16.8 Å². The van der Waals surface area contributed by atoms with Crippen LogP contribution in [0.3, 0.4) is 0 Å². The number of nitrogens with zero attached hydrogens (tertiary/aromatic N) is 2. The quantitative estimate of drug-likeness (QED) is 0.723. The minimum atomic E-state index is -0.927. The highest BCUT2D eigenvalue weighted by molar-refractivity contribution is 6.08. The summed E-state index contributed by atoms with van der Waals surface area (Å²) in [6.45, 7) is 0. The standard InChI is InChI=1S/C20H12F2N4O2/c21-15-5-6-18(16(22)8-15)26-20(28)14-7-13(10-24-11-14)19(27)25-17-4-2-1-3-12(17)9-23/h1-8,10-11H,(H,25,27)(H,26,28). The van der Waals surface area contributed by atoms with Crippen LogP contribution in [0.2, 0.25) is 0 Å². The molecule has 0 atom stereocenters. The molecule has 3 rings (SSSR count). The molecule has 6 nitrogen and oxygen atoms in total. The second kappa shape index (κ2) is 8.05. The number of carbonyl (C=O) groups is 2. The minimum absolute atomic E-state index is 0.00458. The van der Waals surface area contributed by atoms with Crippen molar-refractivity contribution in [3.8, 4) is 6.07 Å². The van der Waals surface area contributed by atoms with Crippen LogP contribution >= 0.6 is 0 Å². The molecule has 0 saturated heterocycles. The Morgan fingerprint density at radius 3 is 2.18 bits per heavy atom. The van der Waals surface area contributed by atoms with Crippen molar-refractivity contribution in [3.05, 3.63) is 89.2 Å². The van der Waals surface area contributed by atoms with Gasteiger partial charge in [0.1, 0.15) is 17.7 Å². The Morgan fingerprint density at radius 2 is 1.54 bits per heavy atom. The molecule has 0 spiro atoms. The zero-order valence-corrected chi connectivity index (χ0v) is 14.2. The molecule has 138 valence electrons. The smallest absolute Gasteiger partial charge is 0.257 e. The van der Waals surface area contributed by atoms with Gasteiger partial charge >= 0.3 is 0 Å². The van der Waals surface area contributed by atoms with Gasteiger partial charge in [-0.05, 0) is 30.3 Å². The number of nitriles is 1. The number of rotatable bonds is 4. The third-order valence-corrected chi connectivity index (χ3v) is 3.74. The summed E-state index contributed by atoms with van der Waals surface area (Å²) in [6.07, 6.45) is 2.45. The molecule has 0 radical (unpaired) electrons. The normalized spacial score (nSPS) is 10.0. The first-order chi connectivity index (χ1) is 13.5. The molecule has 0 bridgehead atoms. The molecule has 8 heteroatoms. The van der Waals surface area contributed by atoms with E-state index in [1.807, 2.05) is 6.07 Å². The van der Waals surface area contributed by atoms with E-state index in [0.717, 1.165) is 12.1 Å². The molecule has 1 aromatic heterocycles. The molecule has 0 aliphatic heterocycles. The first kappa shape index (κ1) is 18.7. The average Bonchev–Trinajstić information content (AvgIpc) is 2.70. The van der Waals surface area contributed by atoms with E-state index in [0.29, 0.717) is 11.8 Å². The van der Waals surface area contributed by atoms with E-state index in [2.05, 4.69) is 15.6 Å². The van der Waals surface area contributed by atoms with Crippen LogP contribution in [0.15, 0.2) is 60.9 Å². The van der Waals surface area contributed by atoms with E-state index in [9.17, 15) is 18.4 Å². The van der Waals surface area contributed by atoms with Crippen LogP contribution in [0.1, 0.15) is 26.3 Å². The molecule has 0 unspecified atom stereocenters. The van der Waals surface area contributed by atoms with Crippen molar-refractivity contribution in [2.24, 2.45) is 0 Å². The van der Waals surface area contributed by atoms with Crippen molar-refractivity contribution in [1.82, 2.24) is 4.98 Å². The molecule has 1 heterocycles. The fraction of sp³-hybridized carbons (Fsp3) is 0. The van der Waals surface area contributed by atoms with Gasteiger partial charge in [-0.3, -0.25) is 14.6 Å². The summed E-state index contributed by atoms with van der Waals surface area (Å²) >= 11 is 0. The van der Waals surface area contributed by atoms with Gasteiger partial charge in [0.2, 0.25) is 0 Å². The van der Waals surface area contributed by atoms with Crippen molar-refractivity contribution in [2.75, 3.05) is 10.6 Å². The van der Waals surface area contributed by atoms with Gasteiger partial charge in [0, 0.05) is 18.5 Å². The Kier molecular flexibility index (Phi) is 5.37. The van der Waals surface area contributed by atoms with Crippen LogP contribution in [0.5, 0.6) is 0 Å². The van der Waals surface area contributed by atoms with Crippen LogP contribution in [0, 0.1) is 23.0 Å². The molecule has 3 aromatic rings. The summed E-state index contributed by atoms with van der Waals surface area (Å²) in [5.41, 5.74) is 0.469. The lowest BCUT2D eigenvalue weighted by Gasteiger charge is -2.09. The van der Waals surface area contributed by atoms with Gasteiger partial charge in [-0.1, -0.05) is 12.1 Å². The highest BCUT2D eigenvalue weighted by Crippen LogP contribution is 2.17. The van der Waals surface area contributed by atoms with Crippen molar-refractivity contribution < 1.29 is 18.4 Å². The molecular formula is C20H12F2N4O2. The third kappa shape index (κ3) is 4.16. The van der Waals surface area contributed by atoms with Gasteiger partial charge in [0.15, 0.2) is 0 Å². The summed E-state index contributed by atoms with van der Waals surface area (Å²) in [4.78, 5) is 28.6. The molecule has 2 aromatic carbocycles. The number of amides is 2. The lowest BCUT2D eigenvalue weighted by Crippen LogP contribution is -2.17. The van der Waals surface area contributed by atoms with Gasteiger partial charge in [-0.15, -0.1) is 0 Å².